The molecule has 1 N–H and O–H groups in total. The maximum atomic E-state index is 3.53. The molecular weight excluding hydrogens is 244 g/mol. The Labute approximate surface area is 124 Å². The van der Waals surface area contributed by atoms with E-state index >= 15 is 0 Å². The Morgan fingerprint density at radius 1 is 1.30 bits per heavy atom. The van der Waals surface area contributed by atoms with Gasteiger partial charge >= 0.3 is 0 Å². The second-order valence-electron chi connectivity index (χ2n) is 6.33. The summed E-state index contributed by atoms with van der Waals surface area (Å²) in [5, 5.41) is 3.53. The van der Waals surface area contributed by atoms with Gasteiger partial charge in [0, 0.05) is 18.6 Å². The van der Waals surface area contributed by atoms with Gasteiger partial charge in [-0.2, -0.15) is 0 Å². The number of aryl methyl sites for hydroxylation is 1. The van der Waals surface area contributed by atoms with Crippen LogP contribution in [0, 0.1) is 12.8 Å². The van der Waals surface area contributed by atoms with E-state index in [1.165, 1.54) is 43.5 Å². The minimum atomic E-state index is 0.422. The highest BCUT2D eigenvalue weighted by atomic mass is 15.2. The van der Waals surface area contributed by atoms with E-state index in [1.54, 1.807) is 0 Å². The fraction of sp³-hybridized carbons (Fsp3) is 0.667. The Kier molecular flexibility index (Phi) is 5.62. The predicted octanol–water partition coefficient (Wildman–Crippen LogP) is 3.77. The van der Waals surface area contributed by atoms with E-state index in [0.717, 1.165) is 5.92 Å². The van der Waals surface area contributed by atoms with Gasteiger partial charge < -0.3 is 5.32 Å². The van der Waals surface area contributed by atoms with Crippen LogP contribution in [0.4, 0.5) is 0 Å². The molecule has 0 spiro atoms. The molecule has 1 aliphatic rings. The third-order valence-electron chi connectivity index (χ3n) is 4.93. The van der Waals surface area contributed by atoms with Gasteiger partial charge in [-0.05, 0) is 51.8 Å². The van der Waals surface area contributed by atoms with Crippen molar-refractivity contribution < 1.29 is 0 Å². The van der Waals surface area contributed by atoms with E-state index in [-0.39, 0.29) is 0 Å². The van der Waals surface area contributed by atoms with Crippen LogP contribution in [-0.4, -0.2) is 31.1 Å². The lowest BCUT2D eigenvalue weighted by Gasteiger charge is -2.40. The topological polar surface area (TPSA) is 15.3 Å². The monoisotopic (exact) mass is 274 g/mol. The van der Waals surface area contributed by atoms with Crippen LogP contribution < -0.4 is 5.32 Å². The molecule has 3 atom stereocenters. The Morgan fingerprint density at radius 3 is 2.60 bits per heavy atom. The molecule has 0 saturated carbocycles. The molecule has 0 radical (unpaired) electrons. The summed E-state index contributed by atoms with van der Waals surface area (Å²) in [6.07, 6.45) is 4.08. The summed E-state index contributed by atoms with van der Waals surface area (Å²) >= 11 is 0. The predicted molar refractivity (Wildman–Crippen MR) is 87.0 cm³/mol. The Hall–Kier alpha value is -0.860. The smallest absolute Gasteiger partial charge is 0.0473 e. The lowest BCUT2D eigenvalue weighted by molar-refractivity contribution is 0.108. The van der Waals surface area contributed by atoms with E-state index < -0.39 is 0 Å². The molecule has 1 fully saturated rings. The fourth-order valence-electron chi connectivity index (χ4n) is 3.47. The van der Waals surface area contributed by atoms with Crippen molar-refractivity contribution in [2.75, 3.05) is 20.1 Å². The summed E-state index contributed by atoms with van der Waals surface area (Å²) < 4.78 is 0. The molecular formula is C18H30N2. The zero-order valence-electron chi connectivity index (χ0n) is 13.5. The summed E-state index contributed by atoms with van der Waals surface area (Å²) in [7, 11) is 2.09. The maximum absolute atomic E-state index is 3.53. The maximum Gasteiger partial charge on any atom is 0.0473 e. The van der Waals surface area contributed by atoms with Gasteiger partial charge in [-0.15, -0.1) is 0 Å². The van der Waals surface area contributed by atoms with Gasteiger partial charge in [-0.25, -0.2) is 0 Å². The average molecular weight is 274 g/mol. The number of nitrogens with zero attached hydrogens (tertiary/aromatic N) is 1. The Morgan fingerprint density at radius 2 is 2.00 bits per heavy atom. The van der Waals surface area contributed by atoms with Crippen molar-refractivity contribution in [2.24, 2.45) is 5.92 Å². The SMILES string of the molecule is CCC1CCCN(C(C)C(NC)c2ccc(C)cc2)C1. The first-order valence-corrected chi connectivity index (χ1v) is 8.13. The summed E-state index contributed by atoms with van der Waals surface area (Å²) in [5.41, 5.74) is 2.74. The fourth-order valence-corrected chi connectivity index (χ4v) is 3.47. The number of piperidine rings is 1. The quantitative estimate of drug-likeness (QED) is 0.879. The molecule has 1 aromatic rings. The molecule has 0 amide bonds. The Balaban J connectivity index is 2.08. The molecule has 2 rings (SSSR count). The van der Waals surface area contributed by atoms with Gasteiger partial charge in [0.2, 0.25) is 0 Å². The normalized spacial score (nSPS) is 23.5. The zero-order valence-corrected chi connectivity index (χ0v) is 13.5. The molecule has 3 unspecified atom stereocenters. The minimum Gasteiger partial charge on any atom is -0.312 e. The van der Waals surface area contributed by atoms with Crippen LogP contribution in [0.2, 0.25) is 0 Å². The highest BCUT2D eigenvalue weighted by molar-refractivity contribution is 5.25. The van der Waals surface area contributed by atoms with Crippen LogP contribution in [0.3, 0.4) is 0 Å². The summed E-state index contributed by atoms with van der Waals surface area (Å²) in [6, 6.07) is 9.96. The van der Waals surface area contributed by atoms with Crippen molar-refractivity contribution in [3.05, 3.63) is 35.4 Å². The minimum absolute atomic E-state index is 0.422. The first-order valence-electron chi connectivity index (χ1n) is 8.13. The number of hydrogen-bond acceptors (Lipinski definition) is 2. The summed E-state index contributed by atoms with van der Waals surface area (Å²) in [5.74, 6) is 0.890. The van der Waals surface area contributed by atoms with Crippen molar-refractivity contribution in [3.8, 4) is 0 Å². The van der Waals surface area contributed by atoms with Gasteiger partial charge in [0.1, 0.15) is 0 Å². The molecule has 1 aliphatic heterocycles. The van der Waals surface area contributed by atoms with Crippen molar-refractivity contribution in [1.29, 1.82) is 0 Å². The van der Waals surface area contributed by atoms with Crippen LogP contribution in [0.15, 0.2) is 24.3 Å². The van der Waals surface area contributed by atoms with Crippen molar-refractivity contribution in [1.82, 2.24) is 10.2 Å². The highest BCUT2D eigenvalue weighted by Gasteiger charge is 2.27. The summed E-state index contributed by atoms with van der Waals surface area (Å²) in [4.78, 5) is 2.68. The standard InChI is InChI=1S/C18H30N2/c1-5-16-7-6-12-20(13-16)15(3)18(19-4)17-10-8-14(2)9-11-17/h8-11,15-16,18-19H,5-7,12-13H2,1-4H3. The number of likely N-dealkylation sites (tertiary alicyclic amines) is 1. The second kappa shape index (κ2) is 7.24. The van der Waals surface area contributed by atoms with E-state index in [2.05, 4.69) is 62.3 Å². The molecule has 20 heavy (non-hydrogen) atoms. The van der Waals surface area contributed by atoms with Crippen LogP contribution in [0.1, 0.15) is 50.3 Å². The molecule has 0 aliphatic carbocycles. The van der Waals surface area contributed by atoms with Gasteiger partial charge in [0.25, 0.3) is 0 Å². The number of rotatable bonds is 5. The van der Waals surface area contributed by atoms with Crippen LogP contribution in [0.25, 0.3) is 0 Å². The molecule has 1 heterocycles. The van der Waals surface area contributed by atoms with Crippen LogP contribution in [-0.2, 0) is 0 Å². The highest BCUT2D eigenvalue weighted by Crippen LogP contribution is 2.27. The molecule has 0 bridgehead atoms. The van der Waals surface area contributed by atoms with Crippen molar-refractivity contribution >= 4 is 0 Å². The molecule has 2 heteroatoms. The molecule has 112 valence electrons. The lowest BCUT2D eigenvalue weighted by Crippen LogP contribution is -2.46. The lowest BCUT2D eigenvalue weighted by atomic mass is 9.91. The van der Waals surface area contributed by atoms with Crippen LogP contribution in [0.5, 0.6) is 0 Å². The number of benzene rings is 1. The van der Waals surface area contributed by atoms with E-state index in [4.69, 9.17) is 0 Å². The van der Waals surface area contributed by atoms with Gasteiger partial charge in [0.05, 0.1) is 0 Å². The average Bonchev–Trinajstić information content (AvgIpc) is 2.50. The van der Waals surface area contributed by atoms with Gasteiger partial charge in [-0.3, -0.25) is 4.90 Å². The first kappa shape index (κ1) is 15.5. The number of likely N-dealkylation sites (N-methyl/N-ethyl adjacent to an activating group) is 1. The van der Waals surface area contributed by atoms with E-state index in [9.17, 15) is 0 Å². The third-order valence-corrected chi connectivity index (χ3v) is 4.93. The van der Waals surface area contributed by atoms with Crippen LogP contribution >= 0.6 is 0 Å². The molecule has 0 aromatic heterocycles. The molecule has 1 saturated heterocycles. The largest absolute Gasteiger partial charge is 0.312 e. The van der Waals surface area contributed by atoms with E-state index in [1.807, 2.05) is 0 Å². The van der Waals surface area contributed by atoms with Gasteiger partial charge in [0.15, 0.2) is 0 Å². The zero-order chi connectivity index (χ0) is 14.5. The van der Waals surface area contributed by atoms with Gasteiger partial charge in [-0.1, -0.05) is 43.2 Å². The number of hydrogen-bond donors (Lipinski definition) is 1. The van der Waals surface area contributed by atoms with Crippen molar-refractivity contribution in [3.63, 3.8) is 0 Å². The molecule has 1 aromatic carbocycles. The molecule has 2 nitrogen and oxygen atoms in total. The second-order valence-corrected chi connectivity index (χ2v) is 6.33. The summed E-state index contributed by atoms with van der Waals surface area (Å²) in [6.45, 7) is 9.37. The van der Waals surface area contributed by atoms with E-state index in [0.29, 0.717) is 12.1 Å². The number of nitrogens with one attached hydrogen (secondary N) is 1. The third kappa shape index (κ3) is 3.62. The Bertz CT molecular complexity index is 398. The first-order chi connectivity index (χ1) is 9.65. The van der Waals surface area contributed by atoms with Crippen molar-refractivity contribution in [2.45, 2.75) is 52.1 Å².